The quantitative estimate of drug-likeness (QED) is 0.157. The summed E-state index contributed by atoms with van der Waals surface area (Å²) in [6.07, 6.45) is 9.41. The van der Waals surface area contributed by atoms with Crippen molar-refractivity contribution in [3.05, 3.63) is 95.3 Å². The summed E-state index contributed by atoms with van der Waals surface area (Å²) in [5.74, 6) is 1.85. The monoisotopic (exact) mass is 574 g/mol. The predicted octanol–water partition coefficient (Wildman–Crippen LogP) is 5.61. The van der Waals surface area contributed by atoms with Gasteiger partial charge in [-0.25, -0.2) is 4.98 Å². The SMILES string of the molecule is Nc1cc([C@H](CCNC2CCC(c3ccccc3)CC2)c2cnn(Cc3cccc(OC(F)F)c3)c2)c2c(n1)NNN2. The molecule has 1 saturated carbocycles. The molecule has 0 unspecified atom stereocenters. The molecule has 9 nitrogen and oxygen atoms in total. The number of hydrogen-bond acceptors (Lipinski definition) is 8. The maximum atomic E-state index is 12.7. The molecule has 0 radical (unpaired) electrons. The van der Waals surface area contributed by atoms with Gasteiger partial charge in [0.25, 0.3) is 0 Å². The van der Waals surface area contributed by atoms with Gasteiger partial charge in [0.2, 0.25) is 0 Å². The highest BCUT2D eigenvalue weighted by Crippen LogP contribution is 2.39. The topological polar surface area (TPSA) is 114 Å². The number of nitrogens with two attached hydrogens (primary N) is 1. The molecule has 1 fully saturated rings. The van der Waals surface area contributed by atoms with Gasteiger partial charge in [0.1, 0.15) is 11.6 Å². The molecule has 1 aliphatic heterocycles. The van der Waals surface area contributed by atoms with E-state index in [1.165, 1.54) is 24.5 Å². The van der Waals surface area contributed by atoms with Crippen LogP contribution in [0.25, 0.3) is 0 Å². The summed E-state index contributed by atoms with van der Waals surface area (Å²) < 4.78 is 31.8. The van der Waals surface area contributed by atoms with E-state index in [0.29, 0.717) is 30.1 Å². The Kier molecular flexibility index (Phi) is 8.47. The zero-order valence-corrected chi connectivity index (χ0v) is 23.3. The van der Waals surface area contributed by atoms with E-state index in [1.807, 2.05) is 29.2 Å². The van der Waals surface area contributed by atoms with Gasteiger partial charge in [0.15, 0.2) is 5.82 Å². The molecule has 0 saturated heterocycles. The van der Waals surface area contributed by atoms with Crippen molar-refractivity contribution in [1.29, 1.82) is 0 Å². The van der Waals surface area contributed by atoms with Crippen molar-refractivity contribution in [3.63, 3.8) is 0 Å². The molecule has 3 heterocycles. The highest BCUT2D eigenvalue weighted by Gasteiger charge is 2.27. The third-order valence-electron chi connectivity index (χ3n) is 8.20. The molecule has 6 rings (SSSR count). The number of halogens is 2. The van der Waals surface area contributed by atoms with Crippen LogP contribution in [0.3, 0.4) is 0 Å². The zero-order valence-electron chi connectivity index (χ0n) is 23.3. The van der Waals surface area contributed by atoms with E-state index in [0.717, 1.165) is 48.2 Å². The second-order valence-electron chi connectivity index (χ2n) is 11.0. The number of ether oxygens (including phenoxy) is 1. The fraction of sp³-hybridized carbons (Fsp3) is 0.355. The van der Waals surface area contributed by atoms with Gasteiger partial charge < -0.3 is 21.2 Å². The van der Waals surface area contributed by atoms with Gasteiger partial charge in [0, 0.05) is 18.2 Å². The van der Waals surface area contributed by atoms with Gasteiger partial charge in [0.05, 0.1) is 18.4 Å². The lowest BCUT2D eigenvalue weighted by atomic mass is 9.81. The number of hydrazine groups is 2. The van der Waals surface area contributed by atoms with Crippen LogP contribution in [0.1, 0.15) is 66.2 Å². The molecule has 1 aliphatic carbocycles. The molecule has 6 N–H and O–H groups in total. The number of aromatic nitrogens is 3. The lowest BCUT2D eigenvalue weighted by molar-refractivity contribution is -0.0498. The van der Waals surface area contributed by atoms with E-state index in [4.69, 9.17) is 5.73 Å². The second kappa shape index (κ2) is 12.7. The Hall–Kier alpha value is -4.22. The van der Waals surface area contributed by atoms with Crippen LogP contribution in [0.5, 0.6) is 5.75 Å². The molecule has 0 bridgehead atoms. The zero-order chi connectivity index (χ0) is 28.9. The van der Waals surface area contributed by atoms with Crippen molar-refractivity contribution < 1.29 is 13.5 Å². The minimum Gasteiger partial charge on any atom is -0.435 e. The molecular formula is C31H36F2N8O. The first kappa shape index (κ1) is 27.9. The van der Waals surface area contributed by atoms with Gasteiger partial charge in [-0.3, -0.25) is 10.1 Å². The second-order valence-corrected chi connectivity index (χ2v) is 11.0. The van der Waals surface area contributed by atoms with Crippen LogP contribution in [-0.4, -0.2) is 34.0 Å². The average Bonchev–Trinajstić information content (AvgIpc) is 3.65. The Bertz CT molecular complexity index is 1470. The highest BCUT2D eigenvalue weighted by atomic mass is 19.3. The molecule has 0 amide bonds. The summed E-state index contributed by atoms with van der Waals surface area (Å²) in [6.45, 7) is -1.60. The Balaban J connectivity index is 1.15. The van der Waals surface area contributed by atoms with Crippen molar-refractivity contribution >= 4 is 17.3 Å². The van der Waals surface area contributed by atoms with Crippen molar-refractivity contribution in [2.24, 2.45) is 0 Å². The summed E-state index contributed by atoms with van der Waals surface area (Å²) >= 11 is 0. The first-order chi connectivity index (χ1) is 20.5. The first-order valence-electron chi connectivity index (χ1n) is 14.4. The number of hydrogen-bond donors (Lipinski definition) is 5. The van der Waals surface area contributed by atoms with Gasteiger partial charge in [-0.1, -0.05) is 42.5 Å². The summed E-state index contributed by atoms with van der Waals surface area (Å²) in [4.78, 5) is 4.41. The summed E-state index contributed by atoms with van der Waals surface area (Å²) in [6, 6.07) is 19.9. The normalized spacial score (nSPS) is 18.7. The first-order valence-corrected chi connectivity index (χ1v) is 14.4. The maximum absolute atomic E-state index is 12.7. The van der Waals surface area contributed by atoms with Gasteiger partial charge in [-0.2, -0.15) is 13.9 Å². The Morgan fingerprint density at radius 3 is 2.67 bits per heavy atom. The fourth-order valence-electron chi connectivity index (χ4n) is 6.18. The lowest BCUT2D eigenvalue weighted by Gasteiger charge is -2.30. The molecule has 220 valence electrons. The number of anilines is 3. The molecule has 42 heavy (non-hydrogen) atoms. The molecule has 4 aromatic rings. The third-order valence-corrected chi connectivity index (χ3v) is 8.20. The number of nitrogens with zero attached hydrogens (tertiary/aromatic N) is 3. The molecule has 2 aromatic heterocycles. The van der Waals surface area contributed by atoms with Crippen molar-refractivity contribution in [3.8, 4) is 5.75 Å². The van der Waals surface area contributed by atoms with Crippen molar-refractivity contribution in [2.75, 3.05) is 23.1 Å². The molecule has 0 spiro atoms. The summed E-state index contributed by atoms with van der Waals surface area (Å²) in [5, 5.41) is 8.42. The Morgan fingerprint density at radius 2 is 1.86 bits per heavy atom. The summed E-state index contributed by atoms with van der Waals surface area (Å²) in [7, 11) is 0. The van der Waals surface area contributed by atoms with E-state index < -0.39 is 6.61 Å². The third kappa shape index (κ3) is 6.63. The van der Waals surface area contributed by atoms with E-state index in [2.05, 4.69) is 66.9 Å². The Morgan fingerprint density at radius 1 is 1.02 bits per heavy atom. The average molecular weight is 575 g/mol. The van der Waals surface area contributed by atoms with Gasteiger partial charge >= 0.3 is 6.61 Å². The number of rotatable bonds is 11. The van der Waals surface area contributed by atoms with Crippen LogP contribution >= 0.6 is 0 Å². The predicted molar refractivity (Wildman–Crippen MR) is 159 cm³/mol. The molecule has 2 aromatic carbocycles. The van der Waals surface area contributed by atoms with Crippen LogP contribution in [0.15, 0.2) is 73.1 Å². The van der Waals surface area contributed by atoms with Crippen LogP contribution in [0.2, 0.25) is 0 Å². The van der Waals surface area contributed by atoms with E-state index in [9.17, 15) is 8.78 Å². The fourth-order valence-corrected chi connectivity index (χ4v) is 6.18. The number of benzene rings is 2. The van der Waals surface area contributed by atoms with E-state index in [1.54, 1.807) is 12.1 Å². The smallest absolute Gasteiger partial charge is 0.387 e. The van der Waals surface area contributed by atoms with E-state index in [-0.39, 0.29) is 11.7 Å². The highest BCUT2D eigenvalue weighted by molar-refractivity contribution is 5.75. The molecule has 1 atom stereocenters. The van der Waals surface area contributed by atoms with Crippen LogP contribution in [0, 0.1) is 0 Å². The lowest BCUT2D eigenvalue weighted by Crippen LogP contribution is -2.34. The standard InChI is InChI=1S/C31H36F2N8O/c32-31(33)42-25-8-4-5-20(15-25)18-41-19-23(17-36-41)26(27-16-28(34)37-30-29(27)38-40-39-30)13-14-35-24-11-9-22(10-12-24)21-6-2-1-3-7-21/h1-8,15-17,19,22,24,26,31,35,38,40H,9-14,18H2,(H3,34,37,39)/t22?,24?,26-/m1/s1. The number of nitrogen functional groups attached to an aromatic ring is 1. The maximum Gasteiger partial charge on any atom is 0.387 e. The van der Waals surface area contributed by atoms with Crippen LogP contribution < -0.4 is 32.2 Å². The minimum atomic E-state index is -2.86. The van der Waals surface area contributed by atoms with E-state index >= 15 is 0 Å². The number of nitrogens with one attached hydrogen (secondary N) is 4. The summed E-state index contributed by atoms with van der Waals surface area (Å²) in [5.41, 5.74) is 20.5. The van der Waals surface area contributed by atoms with Crippen LogP contribution in [-0.2, 0) is 6.54 Å². The van der Waals surface area contributed by atoms with Gasteiger partial charge in [-0.15, -0.1) is 5.53 Å². The number of pyridine rings is 1. The van der Waals surface area contributed by atoms with Crippen molar-refractivity contribution in [1.82, 2.24) is 25.6 Å². The van der Waals surface area contributed by atoms with Crippen LogP contribution in [0.4, 0.5) is 26.1 Å². The number of fused-ring (bicyclic) bond motifs is 1. The van der Waals surface area contributed by atoms with Crippen molar-refractivity contribution in [2.45, 2.75) is 63.1 Å². The Labute approximate surface area is 243 Å². The number of alkyl halides is 2. The minimum absolute atomic E-state index is 0.00587. The van der Waals surface area contributed by atoms with Gasteiger partial charge in [-0.05, 0) is 85.0 Å². The molecular weight excluding hydrogens is 538 g/mol. The molecule has 11 heteroatoms. The molecule has 2 aliphatic rings. The largest absolute Gasteiger partial charge is 0.435 e.